The van der Waals surface area contributed by atoms with Crippen LogP contribution >= 0.6 is 0 Å². The normalized spacial score (nSPS) is 13.1. The minimum atomic E-state index is -0.823. The molecule has 0 aromatic heterocycles. The van der Waals surface area contributed by atoms with Crippen molar-refractivity contribution in [1.82, 2.24) is 10.6 Å². The fourth-order valence-electron chi connectivity index (χ4n) is 3.92. The van der Waals surface area contributed by atoms with Gasteiger partial charge in [-0.3, -0.25) is 20.2 Å². The summed E-state index contributed by atoms with van der Waals surface area (Å²) in [6.45, 7) is 2.77. The Balaban J connectivity index is 1.33. The fourth-order valence-corrected chi connectivity index (χ4v) is 3.92. The molecule has 3 aromatic carbocycles. The van der Waals surface area contributed by atoms with Gasteiger partial charge in [-0.05, 0) is 72.7 Å². The van der Waals surface area contributed by atoms with E-state index in [-0.39, 0.29) is 11.5 Å². The van der Waals surface area contributed by atoms with Crippen LogP contribution in [-0.4, -0.2) is 50.9 Å². The first-order valence-electron chi connectivity index (χ1n) is 12.6. The maximum atomic E-state index is 11.9. The number of nitrogens with one attached hydrogen (secondary N) is 2. The lowest BCUT2D eigenvalue weighted by atomic mass is 10.1. The summed E-state index contributed by atoms with van der Waals surface area (Å²) in [6, 6.07) is 21.6. The van der Waals surface area contributed by atoms with Gasteiger partial charge in [-0.15, -0.1) is 0 Å². The number of aliphatic imine (C=N–C) groups is 1. The number of barbiturate groups is 1. The van der Waals surface area contributed by atoms with Crippen LogP contribution in [0.5, 0.6) is 0 Å². The highest BCUT2D eigenvalue weighted by molar-refractivity contribution is 6.31. The molecule has 1 saturated heterocycles. The smallest absolute Gasteiger partial charge is 0.338 e. The van der Waals surface area contributed by atoms with Crippen LogP contribution in [0.3, 0.4) is 0 Å². The maximum Gasteiger partial charge on any atom is 0.338 e. The summed E-state index contributed by atoms with van der Waals surface area (Å²) < 4.78 is 5.00. The first kappa shape index (κ1) is 27.8. The summed E-state index contributed by atoms with van der Waals surface area (Å²) >= 11 is 0. The Morgan fingerprint density at radius 2 is 1.45 bits per heavy atom. The Bertz CT molecular complexity index is 1440. The second kappa shape index (κ2) is 12.5. The molecule has 204 valence electrons. The zero-order valence-electron chi connectivity index (χ0n) is 22.4. The molecular weight excluding hydrogens is 510 g/mol. The molecule has 1 aliphatic rings. The van der Waals surface area contributed by atoms with Gasteiger partial charge in [0.1, 0.15) is 5.57 Å². The zero-order valence-corrected chi connectivity index (χ0v) is 22.4. The average Bonchev–Trinajstić information content (AvgIpc) is 2.94. The number of esters is 1. The summed E-state index contributed by atoms with van der Waals surface area (Å²) in [5, 5.41) is 4.12. The number of ether oxygens (including phenoxy) is 1. The van der Waals surface area contributed by atoms with Gasteiger partial charge in [-0.1, -0.05) is 24.3 Å². The van der Waals surface area contributed by atoms with Gasteiger partial charge in [-0.25, -0.2) is 14.6 Å². The minimum absolute atomic E-state index is 0.122. The van der Waals surface area contributed by atoms with Crippen LogP contribution in [0.2, 0.25) is 0 Å². The molecule has 0 atom stereocenters. The van der Waals surface area contributed by atoms with Gasteiger partial charge in [0.25, 0.3) is 11.8 Å². The van der Waals surface area contributed by atoms with Crippen molar-refractivity contribution in [2.75, 3.05) is 30.5 Å². The first-order chi connectivity index (χ1) is 19.2. The second-order valence-corrected chi connectivity index (χ2v) is 9.03. The Hall–Kier alpha value is -5.25. The number of carbonyl (C=O) groups is 4. The van der Waals surface area contributed by atoms with E-state index in [1.807, 2.05) is 55.4 Å². The lowest BCUT2D eigenvalue weighted by Crippen LogP contribution is -2.51. The van der Waals surface area contributed by atoms with Crippen molar-refractivity contribution >= 4 is 53.3 Å². The van der Waals surface area contributed by atoms with Gasteiger partial charge < -0.3 is 14.5 Å². The second-order valence-electron chi connectivity index (χ2n) is 9.03. The van der Waals surface area contributed by atoms with E-state index in [9.17, 15) is 19.2 Å². The molecule has 0 aliphatic carbocycles. The monoisotopic (exact) mass is 539 g/mol. The van der Waals surface area contributed by atoms with E-state index in [2.05, 4.69) is 20.5 Å². The molecule has 0 spiro atoms. The molecule has 10 heteroatoms. The third-order valence-electron chi connectivity index (χ3n) is 6.11. The number of nitrogens with zero attached hydrogens (tertiary/aromatic N) is 3. The standard InChI is InChI=1S/C30H29N5O5/c1-4-40-29(38)22-9-11-23(12-10-22)31-19-35(3)25-15-7-21(8-16-25)18-34(2)24-13-5-20(6-14-24)17-26-27(36)32-30(39)33-28(26)37/h5-17,19H,4,18H2,1-3H3,(H2,32,33,36,37,39). The van der Waals surface area contributed by atoms with E-state index in [0.29, 0.717) is 24.3 Å². The molecule has 0 saturated carbocycles. The Labute approximate surface area is 232 Å². The summed E-state index contributed by atoms with van der Waals surface area (Å²) in [7, 11) is 3.88. The fraction of sp³-hybridized carbons (Fsp3) is 0.167. The maximum absolute atomic E-state index is 11.9. The van der Waals surface area contributed by atoms with Crippen molar-refractivity contribution in [2.24, 2.45) is 4.99 Å². The quantitative estimate of drug-likeness (QED) is 0.138. The molecule has 1 aliphatic heterocycles. The Kier molecular flexibility index (Phi) is 8.70. The summed E-state index contributed by atoms with van der Waals surface area (Å²) in [5.74, 6) is -1.80. The van der Waals surface area contributed by atoms with Gasteiger partial charge in [0.2, 0.25) is 0 Å². The van der Waals surface area contributed by atoms with E-state index in [4.69, 9.17) is 4.74 Å². The lowest BCUT2D eigenvalue weighted by molar-refractivity contribution is -0.123. The van der Waals surface area contributed by atoms with Crippen molar-refractivity contribution < 1.29 is 23.9 Å². The molecule has 2 N–H and O–H groups in total. The number of benzene rings is 3. The van der Waals surface area contributed by atoms with Gasteiger partial charge in [-0.2, -0.15) is 0 Å². The first-order valence-corrected chi connectivity index (χ1v) is 12.6. The average molecular weight is 540 g/mol. The molecule has 0 radical (unpaired) electrons. The van der Waals surface area contributed by atoms with Crippen LogP contribution in [0.4, 0.5) is 21.9 Å². The van der Waals surface area contributed by atoms with Gasteiger partial charge in [0.05, 0.1) is 24.2 Å². The topological polar surface area (TPSA) is 120 Å². The van der Waals surface area contributed by atoms with Crippen molar-refractivity contribution in [3.8, 4) is 0 Å². The molecule has 0 bridgehead atoms. The number of anilines is 2. The third kappa shape index (κ3) is 6.98. The Morgan fingerprint density at radius 3 is 2.05 bits per heavy atom. The van der Waals surface area contributed by atoms with Crippen molar-refractivity contribution in [3.63, 3.8) is 0 Å². The number of urea groups is 1. The van der Waals surface area contributed by atoms with Crippen molar-refractivity contribution in [1.29, 1.82) is 0 Å². The molecule has 4 rings (SSSR count). The number of carbonyl (C=O) groups excluding carboxylic acids is 4. The molecular formula is C30H29N5O5. The number of rotatable bonds is 9. The molecule has 1 fully saturated rings. The molecule has 0 unspecified atom stereocenters. The summed E-state index contributed by atoms with van der Waals surface area (Å²) in [4.78, 5) is 55.3. The van der Waals surface area contributed by atoms with E-state index >= 15 is 0 Å². The number of imide groups is 2. The van der Waals surface area contributed by atoms with Crippen LogP contribution in [0, 0.1) is 0 Å². The van der Waals surface area contributed by atoms with Crippen LogP contribution in [0.1, 0.15) is 28.4 Å². The van der Waals surface area contributed by atoms with E-state index in [0.717, 1.165) is 22.6 Å². The highest BCUT2D eigenvalue weighted by Gasteiger charge is 2.27. The lowest BCUT2D eigenvalue weighted by Gasteiger charge is -2.20. The number of hydrogen-bond acceptors (Lipinski definition) is 7. The number of hydrogen-bond donors (Lipinski definition) is 2. The van der Waals surface area contributed by atoms with Gasteiger partial charge in [0.15, 0.2) is 0 Å². The van der Waals surface area contributed by atoms with Crippen LogP contribution in [0.15, 0.2) is 83.4 Å². The largest absolute Gasteiger partial charge is 0.462 e. The number of amides is 4. The van der Waals surface area contributed by atoms with Crippen LogP contribution < -0.4 is 20.4 Å². The predicted octanol–water partition coefficient (Wildman–Crippen LogP) is 4.05. The Morgan fingerprint density at radius 1 is 0.850 bits per heavy atom. The van der Waals surface area contributed by atoms with E-state index in [1.165, 1.54) is 6.08 Å². The molecule has 1 heterocycles. The SMILES string of the molecule is CCOC(=O)c1ccc(N=CN(C)c2ccc(CN(C)c3ccc(C=C4C(=O)NC(=O)NC4=O)cc3)cc2)cc1. The van der Waals surface area contributed by atoms with Crippen molar-refractivity contribution in [2.45, 2.75) is 13.5 Å². The van der Waals surface area contributed by atoms with E-state index in [1.54, 1.807) is 49.7 Å². The summed E-state index contributed by atoms with van der Waals surface area (Å²) in [5.41, 5.74) is 4.78. The van der Waals surface area contributed by atoms with Crippen molar-refractivity contribution in [3.05, 3.63) is 95.1 Å². The zero-order chi connectivity index (χ0) is 28.6. The third-order valence-corrected chi connectivity index (χ3v) is 6.11. The predicted molar refractivity (Wildman–Crippen MR) is 154 cm³/mol. The van der Waals surface area contributed by atoms with Gasteiger partial charge in [0, 0.05) is 32.0 Å². The molecule has 40 heavy (non-hydrogen) atoms. The van der Waals surface area contributed by atoms with Crippen LogP contribution in [-0.2, 0) is 20.9 Å². The summed E-state index contributed by atoms with van der Waals surface area (Å²) in [6.07, 6.45) is 3.16. The molecule has 3 aromatic rings. The highest BCUT2D eigenvalue weighted by atomic mass is 16.5. The van der Waals surface area contributed by atoms with Gasteiger partial charge >= 0.3 is 12.0 Å². The van der Waals surface area contributed by atoms with Crippen LogP contribution in [0.25, 0.3) is 6.08 Å². The highest BCUT2D eigenvalue weighted by Crippen LogP contribution is 2.21. The molecule has 10 nitrogen and oxygen atoms in total. The molecule has 4 amide bonds. The van der Waals surface area contributed by atoms with E-state index < -0.39 is 17.8 Å². The minimum Gasteiger partial charge on any atom is -0.462 e.